The van der Waals surface area contributed by atoms with Crippen LogP contribution < -0.4 is 15.3 Å². The van der Waals surface area contributed by atoms with Crippen molar-refractivity contribution in [2.75, 3.05) is 0 Å². The second-order valence-corrected chi connectivity index (χ2v) is 12.0. The molecular formula is C7H12O6S9Sn. The van der Waals surface area contributed by atoms with Crippen molar-refractivity contribution in [2.45, 2.75) is 15.2 Å². The fourth-order valence-corrected chi connectivity index (χ4v) is 0. The van der Waals surface area contributed by atoms with Crippen molar-refractivity contribution in [3.8, 4) is 0 Å². The Labute approximate surface area is 196 Å². The number of carboxylic acids is 3. The molecule has 0 saturated carbocycles. The summed E-state index contributed by atoms with van der Waals surface area (Å²) in [6.45, 7) is 0. The van der Waals surface area contributed by atoms with Crippen LogP contribution >= 0.6 is 114 Å². The van der Waals surface area contributed by atoms with Crippen molar-refractivity contribution in [2.24, 2.45) is 0 Å². The van der Waals surface area contributed by atoms with Gasteiger partial charge in [-0.3, -0.25) is 0 Å². The Balaban J connectivity index is -0.000000111. The Kier molecular flexibility index (Phi) is 22.1. The van der Waals surface area contributed by atoms with Gasteiger partial charge < -0.3 is 29.7 Å². The van der Waals surface area contributed by atoms with Crippen molar-refractivity contribution in [3.05, 3.63) is 0 Å². The van der Waals surface area contributed by atoms with Gasteiger partial charge in [0.25, 0.3) is 0 Å². The van der Waals surface area contributed by atoms with Crippen molar-refractivity contribution in [1.29, 1.82) is 0 Å². The van der Waals surface area contributed by atoms with Gasteiger partial charge >= 0.3 is 27.5 Å². The predicted molar refractivity (Wildman–Crippen MR) is 116 cm³/mol. The second kappa shape index (κ2) is 15.4. The number of carbonyl (C=O) groups excluding carboxylic acids is 3. The molecule has 0 radical (unpaired) electrons. The zero-order valence-corrected chi connectivity index (χ0v) is 21.9. The second-order valence-electron chi connectivity index (χ2n) is 2.77. The summed E-state index contributed by atoms with van der Waals surface area (Å²) in [6, 6.07) is 0. The predicted octanol–water partition coefficient (Wildman–Crippen LogP) is -2.26. The van der Waals surface area contributed by atoms with E-state index in [0.29, 0.717) is 0 Å². The molecular weight excluding hydrogens is 587 g/mol. The molecule has 0 aliphatic heterocycles. The van der Waals surface area contributed by atoms with E-state index in [9.17, 15) is 29.7 Å². The quantitative estimate of drug-likeness (QED) is 0.103. The van der Waals surface area contributed by atoms with Gasteiger partial charge in [-0.1, -0.05) is 0 Å². The molecule has 0 aliphatic carbocycles. The monoisotopic (exact) mass is 600 g/mol. The number of rotatable bonds is 3. The summed E-state index contributed by atoms with van der Waals surface area (Å²) in [5.74, 6) is -4.24. The van der Waals surface area contributed by atoms with Crippen LogP contribution in [0.15, 0.2) is 0 Å². The van der Waals surface area contributed by atoms with Crippen molar-refractivity contribution in [3.63, 3.8) is 0 Å². The minimum absolute atomic E-state index is 1.41. The van der Waals surface area contributed by atoms with Crippen LogP contribution in [0.5, 0.6) is 0 Å². The van der Waals surface area contributed by atoms with E-state index in [2.05, 4.69) is 119 Å². The van der Waals surface area contributed by atoms with Crippen molar-refractivity contribution < 1.29 is 29.7 Å². The first kappa shape index (κ1) is 33.0. The van der Waals surface area contributed by atoms with Crippen molar-refractivity contribution in [1.82, 2.24) is 0 Å². The Morgan fingerprint density at radius 3 is 0.609 bits per heavy atom. The van der Waals surface area contributed by atoms with Gasteiger partial charge in [0, 0.05) is 0 Å². The average Bonchev–Trinajstić information content (AvgIpc) is 2.29. The van der Waals surface area contributed by atoms with Crippen molar-refractivity contribution >= 4 is 154 Å². The van der Waals surface area contributed by atoms with E-state index in [1.54, 1.807) is 22.5 Å². The number of thiol groups is 9. The number of carbonyl (C=O) groups is 3. The fourth-order valence-electron chi connectivity index (χ4n) is 0. The molecule has 0 rings (SSSR count). The van der Waals surface area contributed by atoms with Crippen LogP contribution in [0.1, 0.15) is 0 Å². The average molecular weight is 599 g/mol. The SMILES string of the molecule is O=C([O-])C(S)(S)S.O=C([O-])C(S)(S)S.O=C([O-])C(S)(S)S.[CH3][Sn+3]. The summed E-state index contributed by atoms with van der Waals surface area (Å²) in [6.07, 6.45) is 0. The van der Waals surface area contributed by atoms with Crippen LogP contribution in [0, 0.1) is 0 Å². The Bertz CT molecular complexity index is 315. The number of aliphatic carboxylic acids is 3. The minimum atomic E-state index is -1.61. The summed E-state index contributed by atoms with van der Waals surface area (Å²) in [7, 11) is 0. The molecule has 0 bridgehead atoms. The third kappa shape index (κ3) is 29.4. The Morgan fingerprint density at radius 1 is 0.565 bits per heavy atom. The van der Waals surface area contributed by atoms with Gasteiger partial charge in [0.1, 0.15) is 10.2 Å². The normalized spacial score (nSPS) is 10.6. The fraction of sp³-hybridized carbons (Fsp3) is 0.571. The van der Waals surface area contributed by atoms with E-state index < -0.39 is 28.1 Å². The Hall–Kier alpha value is 2.36. The van der Waals surface area contributed by atoms with Crippen LogP contribution in [0.2, 0.25) is 4.94 Å². The summed E-state index contributed by atoms with van der Waals surface area (Å²) in [5, 5.41) is 29.0. The van der Waals surface area contributed by atoms with Crippen LogP contribution in [-0.2, 0) is 14.4 Å². The summed E-state index contributed by atoms with van der Waals surface area (Å²) in [4.78, 5) is 31.1. The molecule has 0 fully saturated rings. The third-order valence-corrected chi connectivity index (χ3v) is 2.46. The summed E-state index contributed by atoms with van der Waals surface area (Å²) >= 11 is 32.3. The van der Waals surface area contributed by atoms with Crippen LogP contribution in [0.4, 0.5) is 0 Å². The Morgan fingerprint density at radius 2 is 0.609 bits per heavy atom. The first-order chi connectivity index (χ1) is 9.83. The van der Waals surface area contributed by atoms with Gasteiger partial charge in [-0.2, -0.15) is 0 Å². The molecule has 0 aliphatic rings. The first-order valence-electron chi connectivity index (χ1n) is 4.49. The summed E-state index contributed by atoms with van der Waals surface area (Å²) < 4.78 is -4.83. The summed E-state index contributed by atoms with van der Waals surface area (Å²) in [5.41, 5.74) is 0. The van der Waals surface area contributed by atoms with Gasteiger partial charge in [-0.25, -0.2) is 0 Å². The van der Waals surface area contributed by atoms with Gasteiger partial charge in [0.15, 0.2) is 0 Å². The molecule has 134 valence electrons. The van der Waals surface area contributed by atoms with Crippen LogP contribution in [-0.4, -0.2) is 50.7 Å². The molecule has 6 nitrogen and oxygen atoms in total. The molecule has 0 spiro atoms. The van der Waals surface area contributed by atoms with E-state index in [1.807, 2.05) is 0 Å². The molecule has 23 heavy (non-hydrogen) atoms. The van der Waals surface area contributed by atoms with E-state index in [0.717, 1.165) is 0 Å². The van der Waals surface area contributed by atoms with Gasteiger partial charge in [0.05, 0.1) is 17.9 Å². The van der Waals surface area contributed by atoms with E-state index >= 15 is 0 Å². The zero-order valence-electron chi connectivity index (χ0n) is 11.0. The molecule has 0 heterocycles. The third-order valence-electron chi connectivity index (χ3n) is 0.822. The zero-order chi connectivity index (χ0) is 20.2. The van der Waals surface area contributed by atoms with E-state index in [1.165, 1.54) is 0 Å². The first-order valence-corrected chi connectivity index (χ1v) is 11.4. The van der Waals surface area contributed by atoms with Crippen LogP contribution in [0.3, 0.4) is 0 Å². The number of hydrogen-bond donors (Lipinski definition) is 9. The molecule has 0 saturated heterocycles. The molecule has 0 aromatic carbocycles. The molecule has 0 amide bonds. The molecule has 0 aromatic rings. The standard InChI is InChI=1S/3C2H4O2S3.CH3.Sn/c3*3-1(4)2(5,6)7;;/h3*5-7H,(H,3,4);1H3;/q;;;;+3/p-3. The maximum absolute atomic E-state index is 9.68. The maximum atomic E-state index is 9.68. The molecule has 0 unspecified atom stereocenters. The van der Waals surface area contributed by atoms with Gasteiger partial charge in [-0.05, 0) is 0 Å². The van der Waals surface area contributed by atoms with Gasteiger partial charge in [0.2, 0.25) is 0 Å². The van der Waals surface area contributed by atoms with Crippen LogP contribution in [0.25, 0.3) is 0 Å². The molecule has 16 heteroatoms. The van der Waals surface area contributed by atoms with Gasteiger partial charge in [-0.15, -0.1) is 114 Å². The van der Waals surface area contributed by atoms with E-state index in [4.69, 9.17) is 0 Å². The topological polar surface area (TPSA) is 120 Å². The number of hydrogen-bond acceptors (Lipinski definition) is 15. The number of carboxylic acid groups (broad SMARTS) is 3. The molecule has 0 atom stereocenters. The molecule has 0 N–H and O–H groups in total. The molecule has 0 aromatic heterocycles. The van der Waals surface area contributed by atoms with E-state index in [-0.39, 0.29) is 0 Å².